The highest BCUT2D eigenvalue weighted by Crippen LogP contribution is 2.39. The maximum Gasteiger partial charge on any atom is 0.737 e. The fourth-order valence-electron chi connectivity index (χ4n) is 7.47. The summed E-state index contributed by atoms with van der Waals surface area (Å²) in [5.74, 6) is -2.27. The highest BCUT2D eigenvalue weighted by atomic mass is 32.2. The molecule has 0 bridgehead atoms. The number of amides is 4. The second-order valence-electron chi connectivity index (χ2n) is 16.0. The molecule has 4 heterocycles. The highest BCUT2D eigenvalue weighted by molar-refractivity contribution is 7.94. The van der Waals surface area contributed by atoms with Crippen LogP contribution in [0.25, 0.3) is 6.08 Å². The van der Waals surface area contributed by atoms with Crippen LogP contribution >= 0.6 is 12.0 Å². The smallest absolute Gasteiger partial charge is 0.691 e. The average molecular weight is 843 g/mol. The van der Waals surface area contributed by atoms with Gasteiger partial charge in [-0.2, -0.15) is 4.33 Å². The summed E-state index contributed by atoms with van der Waals surface area (Å²) in [6.07, 6.45) is 6.93. The Morgan fingerprint density at radius 1 is 0.983 bits per heavy atom. The van der Waals surface area contributed by atoms with Gasteiger partial charge in [-0.3, -0.25) is 24.2 Å². The van der Waals surface area contributed by atoms with Crippen LogP contribution in [0, 0.1) is 6.92 Å². The fraction of sp³-hybridized carbons (Fsp3) is 0.500. The number of hydroxylamine groups is 2. The zero-order valence-corrected chi connectivity index (χ0v) is 34.8. The van der Waals surface area contributed by atoms with Crippen LogP contribution in [0.5, 0.6) is 0 Å². The first kappa shape index (κ1) is 45.4. The molecule has 0 spiro atoms. The van der Waals surface area contributed by atoms with Crippen molar-refractivity contribution in [2.45, 2.75) is 90.0 Å². The van der Waals surface area contributed by atoms with Crippen molar-refractivity contribution < 1.29 is 61.0 Å². The number of fused-ring (bicyclic) bond motifs is 2. The zero-order valence-electron chi connectivity index (χ0n) is 34.0. The molecular weight excluding hydrogens is 789 g/mol. The summed E-state index contributed by atoms with van der Waals surface area (Å²) in [6.45, 7) is -1.57. The summed E-state index contributed by atoms with van der Waals surface area (Å²) < 4.78 is 41.3. The third-order valence-electron chi connectivity index (χ3n) is 10.4. The summed E-state index contributed by atoms with van der Waals surface area (Å²) in [4.78, 5) is 67.3. The number of hydrogen-bond donors (Lipinski definition) is 2. The number of nitrogens with zero attached hydrogens (tertiary/aromatic N) is 4. The van der Waals surface area contributed by atoms with Gasteiger partial charge in [-0.25, -0.2) is 4.79 Å². The molecule has 1 saturated heterocycles. The minimum Gasteiger partial charge on any atom is -0.691 e. The van der Waals surface area contributed by atoms with Gasteiger partial charge in [-0.15, -0.1) is 5.06 Å². The van der Waals surface area contributed by atoms with Crippen LogP contribution in [-0.4, -0.2) is 107 Å². The number of allylic oxidation sites excluding steroid dienone is 2. The maximum atomic E-state index is 17.0. The second-order valence-corrected chi connectivity index (χ2v) is 16.7. The van der Waals surface area contributed by atoms with Crippen molar-refractivity contribution in [1.82, 2.24) is 20.2 Å². The molecule has 5 rings (SSSR count). The second kappa shape index (κ2) is 20.5. The molecule has 1 aromatic heterocycles. The van der Waals surface area contributed by atoms with Gasteiger partial charge in [-0.05, 0) is 87.7 Å². The zero-order chi connectivity index (χ0) is 42.7. The van der Waals surface area contributed by atoms with Gasteiger partial charge >= 0.3 is 12.9 Å². The number of halogens is 2. The predicted molar refractivity (Wildman–Crippen MR) is 214 cm³/mol. The quantitative estimate of drug-likeness (QED) is 0.0320. The van der Waals surface area contributed by atoms with Crippen molar-refractivity contribution in [3.8, 4) is 0 Å². The van der Waals surface area contributed by atoms with Crippen LogP contribution in [0.15, 0.2) is 53.7 Å². The van der Waals surface area contributed by atoms with Crippen molar-refractivity contribution in [2.75, 3.05) is 40.0 Å². The summed E-state index contributed by atoms with van der Waals surface area (Å²) in [7, 11) is 6.20. The van der Waals surface area contributed by atoms with E-state index in [-0.39, 0.29) is 38.6 Å². The topological polar surface area (TPSA) is 171 Å². The van der Waals surface area contributed by atoms with E-state index < -0.39 is 42.6 Å². The summed E-state index contributed by atoms with van der Waals surface area (Å²) in [5.41, 5.74) is 3.39. The van der Waals surface area contributed by atoms with Gasteiger partial charge < -0.3 is 42.8 Å². The number of aromatic nitrogens is 1. The van der Waals surface area contributed by atoms with E-state index in [1.807, 2.05) is 6.07 Å². The number of rotatable bonds is 23. The number of carbonyl (C=O) groups excluding carboxylic acids is 5. The van der Waals surface area contributed by atoms with E-state index in [2.05, 4.69) is 41.1 Å². The van der Waals surface area contributed by atoms with Crippen molar-refractivity contribution in [1.29, 1.82) is 0 Å². The molecule has 3 aliphatic rings. The Kier molecular flexibility index (Phi) is 15.8. The Labute approximate surface area is 347 Å². The molecule has 0 radical (unpaired) electrons. The summed E-state index contributed by atoms with van der Waals surface area (Å²) >= 11 is 0.849. The van der Waals surface area contributed by atoms with Gasteiger partial charge in [0, 0.05) is 79.0 Å². The predicted octanol–water partition coefficient (Wildman–Crippen LogP) is 3.66. The van der Waals surface area contributed by atoms with E-state index in [0.29, 0.717) is 83.3 Å². The molecule has 0 aliphatic carbocycles. The summed E-state index contributed by atoms with van der Waals surface area (Å²) in [6, 6.07) is 9.80. The van der Waals surface area contributed by atoms with Crippen molar-refractivity contribution in [3.05, 3.63) is 76.3 Å². The normalized spacial score (nSPS) is 16.4. The van der Waals surface area contributed by atoms with Gasteiger partial charge in [0.25, 0.3) is 11.8 Å². The molecule has 320 valence electrons. The minimum absolute atomic E-state index is 0.00154. The van der Waals surface area contributed by atoms with Crippen LogP contribution in [0.2, 0.25) is 0 Å². The van der Waals surface area contributed by atoms with Gasteiger partial charge in [0.15, 0.2) is 11.4 Å². The molecule has 0 saturated carbocycles. The molecule has 1 aromatic carbocycles. The van der Waals surface area contributed by atoms with E-state index in [4.69, 9.17) is 4.84 Å². The van der Waals surface area contributed by atoms with E-state index in [1.54, 1.807) is 49.4 Å². The Morgan fingerprint density at radius 3 is 2.41 bits per heavy atom. The van der Waals surface area contributed by atoms with Crippen molar-refractivity contribution in [3.63, 3.8) is 0 Å². The third kappa shape index (κ3) is 12.0. The molecule has 1 unspecified atom stereocenters. The van der Waals surface area contributed by atoms with E-state index >= 15 is 8.63 Å². The number of quaternary nitrogens is 1. The van der Waals surface area contributed by atoms with Crippen LogP contribution in [0.3, 0.4) is 0 Å². The lowest BCUT2D eigenvalue weighted by Gasteiger charge is -2.31. The molecule has 1 fully saturated rings. The molecule has 4 amide bonds. The molecule has 1 atom stereocenters. The number of imide groups is 1. The lowest BCUT2D eigenvalue weighted by molar-refractivity contribution is -0.870. The monoisotopic (exact) mass is 842 g/mol. The van der Waals surface area contributed by atoms with Gasteiger partial charge in [-0.1, -0.05) is 18.2 Å². The molecule has 15 nitrogen and oxygen atoms in total. The van der Waals surface area contributed by atoms with Crippen LogP contribution < -0.4 is 15.9 Å². The number of aryl methyl sites for hydroxylation is 2. The fourth-order valence-corrected chi connectivity index (χ4v) is 7.84. The van der Waals surface area contributed by atoms with Crippen molar-refractivity contribution in [2.24, 2.45) is 0 Å². The Balaban J connectivity index is 1.24. The third-order valence-corrected chi connectivity index (χ3v) is 11.0. The van der Waals surface area contributed by atoms with E-state index in [9.17, 15) is 29.2 Å². The molecule has 3 aliphatic heterocycles. The number of carbonyl (C=O) groups is 5. The molecular formula is C40H53BF2N6O9S. The number of nitrogens with one attached hydrogen (secondary N) is 2. The van der Waals surface area contributed by atoms with E-state index in [0.717, 1.165) is 44.0 Å². The van der Waals surface area contributed by atoms with Gasteiger partial charge in [0.05, 0.1) is 27.7 Å². The summed E-state index contributed by atoms with van der Waals surface area (Å²) in [5, 5.41) is 19.8. The van der Waals surface area contributed by atoms with Gasteiger partial charge in [0.1, 0.15) is 6.04 Å². The molecule has 19 heteroatoms. The minimum atomic E-state index is -4.41. The average Bonchev–Trinajstić information content (AvgIpc) is 3.84. The van der Waals surface area contributed by atoms with E-state index in [1.165, 1.54) is 0 Å². The SMILES string of the molecule is Cc1cc(CCC(=O)NC(CCCC[N+](C)(C)C)C(=O)NCCCCC(=O)ON2C(=O)CCC2=O)n2c1C=C1C(CCCSOO[O-])=CC(c3ccccc3)=[N+]1[B-]2(F)F. The highest BCUT2D eigenvalue weighted by Gasteiger charge is 2.54. The largest absolute Gasteiger partial charge is 0.737 e. The lowest BCUT2D eigenvalue weighted by Crippen LogP contribution is -2.51. The van der Waals surface area contributed by atoms with Crippen LogP contribution in [-0.2, 0) is 44.6 Å². The number of benzene rings is 1. The first-order chi connectivity index (χ1) is 28.1. The first-order valence-electron chi connectivity index (χ1n) is 20.0. The molecule has 2 aromatic rings. The number of unbranched alkanes of at least 4 members (excludes halogenated alkanes) is 2. The first-order valence-corrected chi connectivity index (χ1v) is 20.9. The molecule has 59 heavy (non-hydrogen) atoms. The van der Waals surface area contributed by atoms with Gasteiger partial charge in [0.2, 0.25) is 11.8 Å². The van der Waals surface area contributed by atoms with Crippen LogP contribution in [0.1, 0.15) is 93.1 Å². The lowest BCUT2D eigenvalue weighted by atomic mass is 9.88. The molecule has 2 N–H and O–H groups in total. The maximum absolute atomic E-state index is 17.0. The standard InChI is InChI=1S/C40H53BF2N6O9S/c1-28-25-31(46-33(28)27-35-30(15-12-24-59-58-57-55)26-34(47(35)41(46,42)43)29-13-6-5-7-14-29)18-19-36(50)45-32(16-9-11-23-49(2,3)4)40(54)44-22-10-8-17-39(53)56-48-37(51)20-21-38(48)52/h5-7,13-14,25-27,32H,8-12,15-24H2,1-4H3,(H2-,44,45,50,54,55). The van der Waals surface area contributed by atoms with Crippen molar-refractivity contribution >= 4 is 60.4 Å². The Bertz CT molecular complexity index is 1970. The number of hydrogen-bond acceptors (Lipinski definition) is 10. The Hall–Kier alpha value is -4.69. The Morgan fingerprint density at radius 2 is 1.71 bits per heavy atom. The van der Waals surface area contributed by atoms with Crippen LogP contribution in [0.4, 0.5) is 8.63 Å².